The first kappa shape index (κ1) is 22.9. The molecule has 0 aromatic heterocycles. The van der Waals surface area contributed by atoms with Crippen molar-refractivity contribution in [3.8, 4) is 0 Å². The van der Waals surface area contributed by atoms with Crippen LogP contribution < -0.4 is 5.32 Å². The van der Waals surface area contributed by atoms with Crippen LogP contribution in [-0.4, -0.2) is 57.5 Å². The van der Waals surface area contributed by atoms with Gasteiger partial charge in [-0.25, -0.2) is 16.8 Å². The summed E-state index contributed by atoms with van der Waals surface area (Å²) in [5, 5.41) is 2.71. The summed E-state index contributed by atoms with van der Waals surface area (Å²) in [5.74, 6) is -0.463. The first-order chi connectivity index (χ1) is 15.3. The molecule has 10 heteroatoms. The number of sulfonamides is 2. The van der Waals surface area contributed by atoms with E-state index in [2.05, 4.69) is 5.32 Å². The van der Waals surface area contributed by atoms with Crippen molar-refractivity contribution in [2.45, 2.75) is 41.9 Å². The van der Waals surface area contributed by atoms with Gasteiger partial charge in [0.25, 0.3) is 5.91 Å². The highest BCUT2D eigenvalue weighted by Gasteiger charge is 2.28. The molecule has 0 radical (unpaired) electrons. The largest absolute Gasteiger partial charge is 0.322 e. The van der Waals surface area contributed by atoms with E-state index in [1.54, 1.807) is 24.3 Å². The van der Waals surface area contributed by atoms with Gasteiger partial charge in [0.15, 0.2) is 0 Å². The average Bonchev–Trinajstić information content (AvgIpc) is 3.36. The van der Waals surface area contributed by atoms with Gasteiger partial charge >= 0.3 is 0 Å². The minimum absolute atomic E-state index is 0.0926. The number of rotatable bonds is 6. The normalized spacial score (nSPS) is 18.5. The topological polar surface area (TPSA) is 104 Å². The quantitative estimate of drug-likeness (QED) is 0.689. The maximum Gasteiger partial charge on any atom is 0.255 e. The molecule has 0 spiro atoms. The van der Waals surface area contributed by atoms with E-state index >= 15 is 0 Å². The highest BCUT2D eigenvalue weighted by atomic mass is 32.2. The minimum atomic E-state index is -3.62. The molecule has 0 aliphatic carbocycles. The SMILES string of the molecule is O=C(Nc1ccc(S(=O)(=O)N2CCCCC2)cc1)c1cccc(S(=O)(=O)N2CCCC2)c1. The molecular weight excluding hydrogens is 450 g/mol. The second kappa shape index (κ2) is 9.30. The van der Waals surface area contributed by atoms with Gasteiger partial charge in [0.05, 0.1) is 9.79 Å². The minimum Gasteiger partial charge on any atom is -0.322 e. The average molecular weight is 478 g/mol. The van der Waals surface area contributed by atoms with Crippen LogP contribution in [0.1, 0.15) is 42.5 Å². The fourth-order valence-corrected chi connectivity index (χ4v) is 7.12. The van der Waals surface area contributed by atoms with Crippen LogP contribution in [0.5, 0.6) is 0 Å². The van der Waals surface area contributed by atoms with E-state index in [9.17, 15) is 21.6 Å². The summed E-state index contributed by atoms with van der Waals surface area (Å²) in [4.78, 5) is 13.0. The molecular formula is C22H27N3O5S2. The zero-order chi connectivity index (χ0) is 22.8. The standard InChI is InChI=1S/C22H27N3O5S2/c26-22(18-7-6-8-21(17-18)32(29,30)25-15-4-5-16-25)23-19-9-11-20(12-10-19)31(27,28)24-13-2-1-3-14-24/h6-12,17H,1-5,13-16H2,(H,23,26). The van der Waals surface area contributed by atoms with Gasteiger partial charge in [-0.3, -0.25) is 4.79 Å². The van der Waals surface area contributed by atoms with Gasteiger partial charge in [-0.05, 0) is 68.1 Å². The highest BCUT2D eigenvalue weighted by Crippen LogP contribution is 2.24. The third kappa shape index (κ3) is 4.73. The Kier molecular flexibility index (Phi) is 6.66. The number of carbonyl (C=O) groups excluding carboxylic acids is 1. The summed E-state index contributed by atoms with van der Waals surface area (Å²) in [6.45, 7) is 2.03. The molecule has 0 saturated carbocycles. The third-order valence-corrected chi connectivity index (χ3v) is 9.67. The van der Waals surface area contributed by atoms with Crippen molar-refractivity contribution < 1.29 is 21.6 Å². The fourth-order valence-electron chi connectivity index (χ4n) is 4.04. The van der Waals surface area contributed by atoms with Gasteiger partial charge in [-0.2, -0.15) is 8.61 Å². The molecule has 172 valence electrons. The van der Waals surface area contributed by atoms with Gasteiger partial charge < -0.3 is 5.32 Å². The van der Waals surface area contributed by atoms with E-state index < -0.39 is 26.0 Å². The molecule has 2 aliphatic heterocycles. The Hall–Kier alpha value is -2.27. The molecule has 2 heterocycles. The Labute approximate surface area is 189 Å². The van der Waals surface area contributed by atoms with E-state index in [1.807, 2.05) is 0 Å². The maximum absolute atomic E-state index is 12.8. The number of carbonyl (C=O) groups is 1. The summed E-state index contributed by atoms with van der Waals surface area (Å²) in [5.41, 5.74) is 0.649. The molecule has 2 aromatic rings. The molecule has 4 rings (SSSR count). The number of nitrogens with one attached hydrogen (secondary N) is 1. The van der Waals surface area contributed by atoms with Crippen molar-refractivity contribution >= 4 is 31.6 Å². The number of anilines is 1. The number of hydrogen-bond donors (Lipinski definition) is 1. The number of hydrogen-bond acceptors (Lipinski definition) is 5. The van der Waals surface area contributed by atoms with Crippen LogP contribution in [0.4, 0.5) is 5.69 Å². The Morgan fingerprint density at radius 2 is 1.22 bits per heavy atom. The van der Waals surface area contributed by atoms with E-state index in [-0.39, 0.29) is 15.4 Å². The van der Waals surface area contributed by atoms with Gasteiger partial charge in [0.2, 0.25) is 20.0 Å². The molecule has 0 unspecified atom stereocenters. The van der Waals surface area contributed by atoms with Crippen LogP contribution >= 0.6 is 0 Å². The Morgan fingerprint density at radius 1 is 0.688 bits per heavy atom. The van der Waals surface area contributed by atoms with Crippen molar-refractivity contribution in [1.82, 2.24) is 8.61 Å². The molecule has 8 nitrogen and oxygen atoms in total. The van der Waals surface area contributed by atoms with Gasteiger partial charge in [0.1, 0.15) is 0 Å². The summed E-state index contributed by atoms with van der Waals surface area (Å²) < 4.78 is 54.0. The van der Waals surface area contributed by atoms with Gasteiger partial charge in [-0.1, -0.05) is 12.5 Å². The van der Waals surface area contributed by atoms with Crippen LogP contribution in [0.3, 0.4) is 0 Å². The Bertz CT molecular complexity index is 1180. The van der Waals surface area contributed by atoms with Crippen LogP contribution in [-0.2, 0) is 20.0 Å². The molecule has 2 fully saturated rings. The zero-order valence-electron chi connectivity index (χ0n) is 17.7. The third-order valence-electron chi connectivity index (χ3n) is 5.86. The zero-order valence-corrected chi connectivity index (χ0v) is 19.4. The lowest BCUT2D eigenvalue weighted by atomic mass is 10.2. The van der Waals surface area contributed by atoms with E-state index in [0.29, 0.717) is 31.9 Å². The lowest BCUT2D eigenvalue weighted by Gasteiger charge is -2.25. The monoisotopic (exact) mass is 477 g/mol. The second-order valence-electron chi connectivity index (χ2n) is 8.08. The van der Waals surface area contributed by atoms with Crippen molar-refractivity contribution in [3.63, 3.8) is 0 Å². The molecule has 2 aliphatic rings. The Balaban J connectivity index is 1.47. The van der Waals surface area contributed by atoms with Crippen LogP contribution in [0.2, 0.25) is 0 Å². The van der Waals surface area contributed by atoms with Crippen LogP contribution in [0.25, 0.3) is 0 Å². The molecule has 1 N–H and O–H groups in total. The molecule has 2 saturated heterocycles. The molecule has 0 atom stereocenters. The summed E-state index contributed by atoms with van der Waals surface area (Å²) >= 11 is 0. The van der Waals surface area contributed by atoms with Crippen molar-refractivity contribution in [2.75, 3.05) is 31.5 Å². The number of nitrogens with zero attached hydrogens (tertiary/aromatic N) is 2. The van der Waals surface area contributed by atoms with E-state index in [4.69, 9.17) is 0 Å². The van der Waals surface area contributed by atoms with Crippen molar-refractivity contribution in [2.24, 2.45) is 0 Å². The summed E-state index contributed by atoms with van der Waals surface area (Å²) in [6, 6.07) is 12.0. The first-order valence-electron chi connectivity index (χ1n) is 10.8. The van der Waals surface area contributed by atoms with Gasteiger partial charge in [0, 0.05) is 37.4 Å². The fraction of sp³-hybridized carbons (Fsp3) is 0.409. The number of benzene rings is 2. The molecule has 1 amide bonds. The van der Waals surface area contributed by atoms with Gasteiger partial charge in [-0.15, -0.1) is 0 Å². The first-order valence-corrected chi connectivity index (χ1v) is 13.7. The Morgan fingerprint density at radius 3 is 1.81 bits per heavy atom. The van der Waals surface area contributed by atoms with Crippen molar-refractivity contribution in [3.05, 3.63) is 54.1 Å². The molecule has 32 heavy (non-hydrogen) atoms. The lowest BCUT2D eigenvalue weighted by molar-refractivity contribution is 0.102. The smallest absolute Gasteiger partial charge is 0.255 e. The summed E-state index contributed by atoms with van der Waals surface area (Å²) in [7, 11) is -7.16. The lowest BCUT2D eigenvalue weighted by Crippen LogP contribution is -2.35. The van der Waals surface area contributed by atoms with Crippen molar-refractivity contribution in [1.29, 1.82) is 0 Å². The number of piperidine rings is 1. The maximum atomic E-state index is 12.8. The predicted molar refractivity (Wildman–Crippen MR) is 121 cm³/mol. The molecule has 2 aromatic carbocycles. The van der Waals surface area contributed by atoms with E-state index in [0.717, 1.165) is 32.1 Å². The van der Waals surface area contributed by atoms with Crippen LogP contribution in [0.15, 0.2) is 58.3 Å². The molecule has 0 bridgehead atoms. The second-order valence-corrected chi connectivity index (χ2v) is 12.0. The summed E-state index contributed by atoms with van der Waals surface area (Å²) in [6.07, 6.45) is 4.43. The predicted octanol–water partition coefficient (Wildman–Crippen LogP) is 2.90. The van der Waals surface area contributed by atoms with E-state index in [1.165, 1.54) is 32.9 Å². The van der Waals surface area contributed by atoms with Crippen LogP contribution in [0, 0.1) is 0 Å². The number of amides is 1. The highest BCUT2D eigenvalue weighted by molar-refractivity contribution is 7.89.